The number of hydrogen-bond donors (Lipinski definition) is 1. The van der Waals surface area contributed by atoms with Gasteiger partial charge in [0.15, 0.2) is 0 Å². The highest BCUT2D eigenvalue weighted by atomic mass is 79.9. The lowest BCUT2D eigenvalue weighted by atomic mass is 10.2. The summed E-state index contributed by atoms with van der Waals surface area (Å²) >= 11 is 3.27. The number of rotatable bonds is 6. The number of aryl methyl sites for hydroxylation is 1. The maximum Gasteiger partial charge on any atom is 0.251 e. The summed E-state index contributed by atoms with van der Waals surface area (Å²) in [5, 5.41) is 2.72. The van der Waals surface area contributed by atoms with Crippen LogP contribution in [0.25, 0.3) is 0 Å². The van der Waals surface area contributed by atoms with Crippen LogP contribution in [0.1, 0.15) is 5.56 Å². The molecule has 0 saturated carbocycles. The molecule has 1 aromatic carbocycles. The molecule has 0 aliphatic carbocycles. The van der Waals surface area contributed by atoms with Crippen LogP contribution in [0.3, 0.4) is 0 Å². The molecule has 6 heteroatoms. The van der Waals surface area contributed by atoms with Gasteiger partial charge in [0.2, 0.25) is 5.91 Å². The Hall–Kier alpha value is -2.08. The first-order chi connectivity index (χ1) is 10.5. The van der Waals surface area contributed by atoms with Gasteiger partial charge >= 0.3 is 0 Å². The summed E-state index contributed by atoms with van der Waals surface area (Å²) in [7, 11) is 0. The van der Waals surface area contributed by atoms with Gasteiger partial charge in [-0.05, 0) is 46.6 Å². The summed E-state index contributed by atoms with van der Waals surface area (Å²) in [5.41, 5.74) is 0.907. The molecule has 0 aliphatic heterocycles. The number of hydrogen-bond acceptors (Lipinski definition) is 3. The van der Waals surface area contributed by atoms with Gasteiger partial charge < -0.3 is 14.6 Å². The normalized spacial score (nSPS) is 10.3. The summed E-state index contributed by atoms with van der Waals surface area (Å²) in [6.07, 6.45) is 1.59. The van der Waals surface area contributed by atoms with Gasteiger partial charge in [0.25, 0.3) is 5.56 Å². The molecule has 2 aromatic rings. The lowest BCUT2D eigenvalue weighted by molar-refractivity contribution is -0.121. The zero-order valence-corrected chi connectivity index (χ0v) is 13.8. The van der Waals surface area contributed by atoms with Gasteiger partial charge in [0.1, 0.15) is 18.9 Å². The van der Waals surface area contributed by atoms with E-state index in [4.69, 9.17) is 4.74 Å². The molecule has 0 fully saturated rings. The van der Waals surface area contributed by atoms with E-state index in [-0.39, 0.29) is 18.0 Å². The van der Waals surface area contributed by atoms with E-state index in [1.807, 2.05) is 31.2 Å². The van der Waals surface area contributed by atoms with Crippen LogP contribution >= 0.6 is 15.9 Å². The van der Waals surface area contributed by atoms with E-state index in [0.717, 1.165) is 15.8 Å². The SMILES string of the molecule is Cc1cccc(OCCNC(=O)Cn2cc(Br)ccc2=O)c1. The largest absolute Gasteiger partial charge is 0.492 e. The van der Waals surface area contributed by atoms with Gasteiger partial charge in [-0.2, -0.15) is 0 Å². The fourth-order valence-electron chi connectivity index (χ4n) is 1.90. The number of ether oxygens (including phenoxy) is 1. The van der Waals surface area contributed by atoms with E-state index >= 15 is 0 Å². The molecular weight excluding hydrogens is 348 g/mol. The van der Waals surface area contributed by atoms with Crippen LogP contribution in [-0.4, -0.2) is 23.6 Å². The number of pyridine rings is 1. The molecule has 1 heterocycles. The van der Waals surface area contributed by atoms with Crippen molar-refractivity contribution in [3.63, 3.8) is 0 Å². The molecule has 1 amide bonds. The van der Waals surface area contributed by atoms with Crippen LogP contribution < -0.4 is 15.6 Å². The number of nitrogens with one attached hydrogen (secondary N) is 1. The maximum absolute atomic E-state index is 11.8. The van der Waals surface area contributed by atoms with Crippen LogP contribution in [0.2, 0.25) is 0 Å². The number of carbonyl (C=O) groups excluding carboxylic acids is 1. The minimum absolute atomic E-state index is 0.0112. The summed E-state index contributed by atoms with van der Waals surface area (Å²) in [4.78, 5) is 23.4. The second-order valence-corrected chi connectivity index (χ2v) is 5.74. The summed E-state index contributed by atoms with van der Waals surface area (Å²) in [6, 6.07) is 10.8. The van der Waals surface area contributed by atoms with E-state index in [9.17, 15) is 9.59 Å². The van der Waals surface area contributed by atoms with Gasteiger partial charge in [-0.25, -0.2) is 0 Å². The molecule has 1 aromatic heterocycles. The first-order valence-corrected chi connectivity index (χ1v) is 7.66. The predicted octanol–water partition coefficient (Wildman–Crippen LogP) is 2.11. The van der Waals surface area contributed by atoms with Gasteiger partial charge in [-0.3, -0.25) is 9.59 Å². The van der Waals surface area contributed by atoms with Crippen molar-refractivity contribution >= 4 is 21.8 Å². The van der Waals surface area contributed by atoms with Gasteiger partial charge in [0, 0.05) is 16.7 Å². The van der Waals surface area contributed by atoms with E-state index in [2.05, 4.69) is 21.2 Å². The molecule has 5 nitrogen and oxygen atoms in total. The highest BCUT2D eigenvalue weighted by Gasteiger charge is 2.04. The standard InChI is InChI=1S/C16H17BrN2O3/c1-12-3-2-4-14(9-12)22-8-7-18-15(20)11-19-10-13(17)5-6-16(19)21/h2-6,9-10H,7-8,11H2,1H3,(H,18,20). The molecule has 0 saturated heterocycles. The first kappa shape index (κ1) is 16.3. The third-order valence-corrected chi connectivity index (χ3v) is 3.41. The number of amides is 1. The molecule has 116 valence electrons. The molecule has 22 heavy (non-hydrogen) atoms. The van der Waals surface area contributed by atoms with Crippen molar-refractivity contribution in [2.45, 2.75) is 13.5 Å². The molecule has 0 bridgehead atoms. The number of nitrogens with zero attached hydrogens (tertiary/aromatic N) is 1. The van der Waals surface area contributed by atoms with Crippen LogP contribution in [0.4, 0.5) is 0 Å². The van der Waals surface area contributed by atoms with Crippen molar-refractivity contribution in [2.75, 3.05) is 13.2 Å². The first-order valence-electron chi connectivity index (χ1n) is 6.87. The van der Waals surface area contributed by atoms with Crippen LogP contribution in [-0.2, 0) is 11.3 Å². The number of aromatic nitrogens is 1. The van der Waals surface area contributed by atoms with Gasteiger partial charge in [-0.15, -0.1) is 0 Å². The fourth-order valence-corrected chi connectivity index (χ4v) is 2.28. The minimum atomic E-state index is -0.229. The Morgan fingerprint density at radius 2 is 2.14 bits per heavy atom. The van der Waals surface area contributed by atoms with Crippen molar-refractivity contribution in [3.05, 3.63) is 63.0 Å². The highest BCUT2D eigenvalue weighted by Crippen LogP contribution is 2.11. The lowest BCUT2D eigenvalue weighted by Gasteiger charge is -2.09. The molecule has 0 spiro atoms. The van der Waals surface area contributed by atoms with Crippen LogP contribution in [0.15, 0.2) is 51.9 Å². The average Bonchev–Trinajstić information content (AvgIpc) is 2.48. The lowest BCUT2D eigenvalue weighted by Crippen LogP contribution is -2.34. The van der Waals surface area contributed by atoms with E-state index in [0.29, 0.717) is 13.2 Å². The van der Waals surface area contributed by atoms with Gasteiger partial charge in [0.05, 0.1) is 6.54 Å². The number of halogens is 1. The highest BCUT2D eigenvalue weighted by molar-refractivity contribution is 9.10. The predicted molar refractivity (Wildman–Crippen MR) is 88.1 cm³/mol. The second-order valence-electron chi connectivity index (χ2n) is 4.83. The third kappa shape index (κ3) is 5.04. The Bertz CT molecular complexity index is 713. The topological polar surface area (TPSA) is 60.3 Å². The van der Waals surface area contributed by atoms with E-state index in [1.54, 1.807) is 12.3 Å². The summed E-state index contributed by atoms with van der Waals surface area (Å²) < 4.78 is 7.64. The molecule has 0 unspecified atom stereocenters. The monoisotopic (exact) mass is 364 g/mol. The molecule has 0 atom stereocenters. The van der Waals surface area contributed by atoms with E-state index < -0.39 is 0 Å². The Balaban J connectivity index is 1.76. The van der Waals surface area contributed by atoms with Crippen molar-refractivity contribution < 1.29 is 9.53 Å². The Morgan fingerprint density at radius 1 is 1.32 bits per heavy atom. The summed E-state index contributed by atoms with van der Waals surface area (Å²) in [6.45, 7) is 2.74. The van der Waals surface area contributed by atoms with E-state index in [1.165, 1.54) is 10.6 Å². The molecule has 1 N–H and O–H groups in total. The maximum atomic E-state index is 11.8. The average molecular weight is 365 g/mol. The number of benzene rings is 1. The molecular formula is C16H17BrN2O3. The quantitative estimate of drug-likeness (QED) is 0.798. The molecule has 2 rings (SSSR count). The Labute approximate surface area is 137 Å². The van der Waals surface area contributed by atoms with Gasteiger partial charge in [-0.1, -0.05) is 12.1 Å². The van der Waals surface area contributed by atoms with Crippen LogP contribution in [0.5, 0.6) is 5.75 Å². The fraction of sp³-hybridized carbons (Fsp3) is 0.250. The zero-order valence-electron chi connectivity index (χ0n) is 12.2. The van der Waals surface area contributed by atoms with Crippen molar-refractivity contribution in [1.82, 2.24) is 9.88 Å². The Morgan fingerprint density at radius 3 is 2.91 bits per heavy atom. The Kier molecular flexibility index (Phi) is 5.77. The zero-order chi connectivity index (χ0) is 15.9. The van der Waals surface area contributed by atoms with Crippen molar-refractivity contribution in [3.8, 4) is 5.75 Å². The summed E-state index contributed by atoms with van der Waals surface area (Å²) in [5.74, 6) is 0.547. The molecule has 0 aliphatic rings. The van der Waals surface area contributed by atoms with Crippen LogP contribution in [0, 0.1) is 6.92 Å². The third-order valence-electron chi connectivity index (χ3n) is 2.94. The minimum Gasteiger partial charge on any atom is -0.492 e. The van der Waals surface area contributed by atoms with Crippen molar-refractivity contribution in [1.29, 1.82) is 0 Å². The van der Waals surface area contributed by atoms with Crippen molar-refractivity contribution in [2.24, 2.45) is 0 Å². The molecule has 0 radical (unpaired) electrons. The number of carbonyl (C=O) groups is 1. The smallest absolute Gasteiger partial charge is 0.251 e. The second kappa shape index (κ2) is 7.79.